The molecule has 1 saturated heterocycles. The van der Waals surface area contributed by atoms with Crippen LogP contribution in [0.2, 0.25) is 0 Å². The van der Waals surface area contributed by atoms with Crippen LogP contribution in [0.1, 0.15) is 97.5 Å². The van der Waals surface area contributed by atoms with Crippen molar-refractivity contribution in [1.82, 2.24) is 25.2 Å². The summed E-state index contributed by atoms with van der Waals surface area (Å²) in [6, 6.07) is 4.81. The minimum Gasteiger partial charge on any atom is -0.472 e. The molecule has 1 aromatic carbocycles. The van der Waals surface area contributed by atoms with E-state index in [4.69, 9.17) is 14.2 Å². The van der Waals surface area contributed by atoms with Crippen molar-refractivity contribution in [2.45, 2.75) is 138 Å². The third-order valence-electron chi connectivity index (χ3n) is 11.4. The van der Waals surface area contributed by atoms with Crippen molar-refractivity contribution in [3.05, 3.63) is 42.0 Å². The Balaban J connectivity index is 1.21. The summed E-state index contributed by atoms with van der Waals surface area (Å²) in [4.78, 5) is 64.3. The summed E-state index contributed by atoms with van der Waals surface area (Å²) in [6.07, 6.45) is 6.13. The highest BCUT2D eigenvalue weighted by Gasteiger charge is 2.63. The number of carbonyl (C=O) groups is 4. The number of hydrogen-bond acceptors (Lipinski definition) is 12. The van der Waals surface area contributed by atoms with Gasteiger partial charge in [0.15, 0.2) is 0 Å². The Morgan fingerprint density at radius 3 is 2.59 bits per heavy atom. The number of amides is 4. The predicted octanol–water partition coefficient (Wildman–Crippen LogP) is 2.45. The first kappa shape index (κ1) is 40.0. The van der Waals surface area contributed by atoms with E-state index in [2.05, 4.69) is 25.2 Å². The summed E-state index contributed by atoms with van der Waals surface area (Å²) in [5.74, 6) is -2.07. The molecule has 4 amide bonds. The molecule has 7 rings (SSSR count). The van der Waals surface area contributed by atoms with Crippen LogP contribution in [0.5, 0.6) is 5.75 Å². The fourth-order valence-electron chi connectivity index (χ4n) is 8.14. The highest BCUT2D eigenvalue weighted by molar-refractivity contribution is 7.91. The first-order valence-corrected chi connectivity index (χ1v) is 21.3. The predicted molar refractivity (Wildman–Crippen MR) is 204 cm³/mol. The summed E-state index contributed by atoms with van der Waals surface area (Å²) in [5, 5.41) is 16.0. The zero-order valence-electron chi connectivity index (χ0n) is 32.5. The number of sulfonamides is 1. The van der Waals surface area contributed by atoms with Gasteiger partial charge >= 0.3 is 12.5 Å². The Kier molecular flexibility index (Phi) is 10.9. The average molecular weight is 799 g/mol. The van der Waals surface area contributed by atoms with Crippen molar-refractivity contribution in [3.63, 3.8) is 0 Å². The number of aliphatic imine (C=N–C) groups is 1. The minimum atomic E-state index is -4.04. The van der Waals surface area contributed by atoms with Gasteiger partial charge in [-0.2, -0.15) is 4.99 Å². The normalized spacial score (nSPS) is 31.1. The number of carbonyl (C=O) groups excluding carboxylic acids is 4. The topological polar surface area (TPSA) is 205 Å². The highest BCUT2D eigenvalue weighted by atomic mass is 32.2. The molecule has 3 aliphatic carbocycles. The number of benzene rings is 1. The van der Waals surface area contributed by atoms with Gasteiger partial charge in [-0.1, -0.05) is 37.6 Å². The zero-order valence-corrected chi connectivity index (χ0v) is 33.3. The molecule has 4 N–H and O–H groups in total. The van der Waals surface area contributed by atoms with Gasteiger partial charge < -0.3 is 34.9 Å². The molecule has 2 unspecified atom stereocenters. The van der Waals surface area contributed by atoms with Crippen molar-refractivity contribution in [3.8, 4) is 5.75 Å². The van der Waals surface area contributed by atoms with Gasteiger partial charge in [-0.3, -0.25) is 24.0 Å². The number of hydrogen-bond donors (Lipinski definition) is 4. The van der Waals surface area contributed by atoms with Crippen molar-refractivity contribution >= 4 is 39.7 Å². The zero-order chi connectivity index (χ0) is 40.0. The number of para-hydroxylation sites is 1. The first-order valence-electron chi connectivity index (χ1n) is 19.8. The van der Waals surface area contributed by atoms with Crippen LogP contribution < -0.4 is 20.1 Å². The van der Waals surface area contributed by atoms with Crippen LogP contribution in [0, 0.1) is 5.92 Å². The number of allylic oxidation sites excluding steroid dienone is 1. The fraction of sp³-hybridized carbons (Fsp3) is 0.667. The van der Waals surface area contributed by atoms with Gasteiger partial charge in [-0.05, 0) is 90.8 Å². The molecule has 0 bridgehead atoms. The van der Waals surface area contributed by atoms with Gasteiger partial charge in [0.25, 0.3) is 5.91 Å². The molecule has 16 nitrogen and oxygen atoms in total. The molecule has 0 aromatic heterocycles. The van der Waals surface area contributed by atoms with Crippen LogP contribution in [-0.2, 0) is 33.9 Å². The van der Waals surface area contributed by atoms with Crippen molar-refractivity contribution in [1.29, 1.82) is 0 Å². The maximum atomic E-state index is 14.8. The lowest BCUT2D eigenvalue weighted by Gasteiger charge is -2.33. The summed E-state index contributed by atoms with van der Waals surface area (Å²) in [7, 11) is -4.04. The number of ether oxygens (including phenoxy) is 3. The van der Waals surface area contributed by atoms with Gasteiger partial charge in [0.05, 0.1) is 16.9 Å². The van der Waals surface area contributed by atoms with Crippen LogP contribution in [0.25, 0.3) is 0 Å². The summed E-state index contributed by atoms with van der Waals surface area (Å²) in [5.41, 5.74) is -1.92. The maximum absolute atomic E-state index is 14.8. The number of alkyl carbamates (subject to hydrolysis) is 1. The van der Waals surface area contributed by atoms with Crippen molar-refractivity contribution < 1.29 is 46.9 Å². The molecule has 3 heterocycles. The quantitative estimate of drug-likeness (QED) is 0.281. The van der Waals surface area contributed by atoms with Crippen LogP contribution in [0.4, 0.5) is 4.79 Å². The Hall–Kier alpha value is -4.22. The standard InChI is InChI=1S/C39H54N6O10S/c1-5-16-38(17-18-38)56(51,52)43-34(48)39-21-24(39)11-7-6-10-19-44(25-14-15-25)23-28(40-36(50)55-37(2,3)4)33(47)45-22-26(20-29(45)31(46)42-39)53-32-27-12-8-9-13-30(27)54-35(49)41-32/h7-9,11-13,24-26,28-29,35,49H,5-6,10,14-23H2,1-4H3,(H,40,50)(H,42,46)(H,43,48)/b11-7-/t24?,26-,28+,29+,35?,39-/m1/s1. The summed E-state index contributed by atoms with van der Waals surface area (Å²) < 4.78 is 45.8. The van der Waals surface area contributed by atoms with Crippen LogP contribution in [0.15, 0.2) is 41.4 Å². The lowest BCUT2D eigenvalue weighted by Crippen LogP contribution is -2.60. The summed E-state index contributed by atoms with van der Waals surface area (Å²) in [6.45, 7) is 7.79. The van der Waals surface area contributed by atoms with E-state index in [0.717, 1.165) is 19.3 Å². The smallest absolute Gasteiger partial charge is 0.408 e. The molecule has 6 atom stereocenters. The second kappa shape index (κ2) is 15.3. The van der Waals surface area contributed by atoms with E-state index >= 15 is 0 Å². The highest BCUT2D eigenvalue weighted by Crippen LogP contribution is 2.49. The number of fused-ring (bicyclic) bond motifs is 3. The van der Waals surface area contributed by atoms with E-state index in [1.165, 1.54) is 4.90 Å². The molecule has 4 fully saturated rings. The SMILES string of the molecule is CCCC1(S(=O)(=O)NC(=O)[C@@]23CC2/C=C\CCCN(C2CC2)C[C@H](NC(=O)OC(C)(C)C)C(=O)N2C[C@H](OC4=NC(O)Oc5ccccc54)C[C@H]2C(=O)N3)CC1. The molecule has 306 valence electrons. The number of aliphatic hydroxyl groups is 1. The second-order valence-electron chi connectivity index (χ2n) is 17.0. The van der Waals surface area contributed by atoms with Crippen LogP contribution in [0.3, 0.4) is 0 Å². The maximum Gasteiger partial charge on any atom is 0.408 e. The lowest BCUT2D eigenvalue weighted by atomic mass is 10.1. The van der Waals surface area contributed by atoms with E-state index in [-0.39, 0.29) is 37.9 Å². The van der Waals surface area contributed by atoms with Crippen LogP contribution >= 0.6 is 0 Å². The van der Waals surface area contributed by atoms with Crippen molar-refractivity contribution in [2.75, 3.05) is 19.6 Å². The molecular formula is C39H54N6O10S. The third kappa shape index (κ3) is 8.54. The van der Waals surface area contributed by atoms with E-state index in [1.54, 1.807) is 45.0 Å². The number of nitrogens with zero attached hydrogens (tertiary/aromatic N) is 3. The molecule has 6 aliphatic rings. The minimum absolute atomic E-state index is 0.0304. The second-order valence-corrected chi connectivity index (χ2v) is 19.1. The Labute approximate surface area is 327 Å². The van der Waals surface area contributed by atoms with Crippen molar-refractivity contribution in [2.24, 2.45) is 10.9 Å². The van der Waals surface area contributed by atoms with E-state index in [0.29, 0.717) is 50.0 Å². The molecule has 1 aromatic rings. The molecule has 3 saturated carbocycles. The third-order valence-corrected chi connectivity index (χ3v) is 13.6. The first-order chi connectivity index (χ1) is 26.5. The van der Waals surface area contributed by atoms with Gasteiger partial charge in [0.1, 0.15) is 35.1 Å². The molecule has 17 heteroatoms. The largest absolute Gasteiger partial charge is 0.472 e. The van der Waals surface area contributed by atoms with E-state index in [1.807, 2.05) is 19.1 Å². The molecule has 0 spiro atoms. The average Bonchev–Trinajstić information content (AvgIpc) is 4.04. The Morgan fingerprint density at radius 1 is 1.14 bits per heavy atom. The van der Waals surface area contributed by atoms with Gasteiger partial charge in [-0.15, -0.1) is 0 Å². The number of aliphatic hydroxyl groups excluding tert-OH is 1. The molecule has 3 aliphatic heterocycles. The number of rotatable bonds is 8. The van der Waals surface area contributed by atoms with Crippen LogP contribution in [-0.4, -0.2) is 119 Å². The summed E-state index contributed by atoms with van der Waals surface area (Å²) >= 11 is 0. The van der Waals surface area contributed by atoms with Gasteiger partial charge in [0.2, 0.25) is 27.7 Å². The number of nitrogens with one attached hydrogen (secondary N) is 3. The van der Waals surface area contributed by atoms with Gasteiger partial charge in [-0.25, -0.2) is 13.2 Å². The monoisotopic (exact) mass is 798 g/mol. The molecule has 56 heavy (non-hydrogen) atoms. The van der Waals surface area contributed by atoms with E-state index < -0.39 is 80.2 Å². The van der Waals surface area contributed by atoms with Gasteiger partial charge in [0, 0.05) is 24.9 Å². The lowest BCUT2D eigenvalue weighted by molar-refractivity contribution is -0.141. The molecular weight excluding hydrogens is 745 g/mol. The fourth-order valence-corrected chi connectivity index (χ4v) is 9.90. The Morgan fingerprint density at radius 2 is 1.89 bits per heavy atom. The van der Waals surface area contributed by atoms with E-state index in [9.17, 15) is 32.7 Å². The molecule has 0 radical (unpaired) electrons. The Bertz CT molecular complexity index is 1890.